The second-order valence-electron chi connectivity index (χ2n) is 6.31. The fourth-order valence-corrected chi connectivity index (χ4v) is 3.94. The van der Waals surface area contributed by atoms with Crippen LogP contribution in [0.2, 0.25) is 0 Å². The number of hydrogen-bond donors (Lipinski definition) is 1. The average molecular weight is 389 g/mol. The second-order valence-corrected chi connectivity index (χ2v) is 8.08. The van der Waals surface area contributed by atoms with Crippen LogP contribution < -0.4 is 4.72 Å². The first kappa shape index (κ1) is 19.0. The molecule has 2 aromatic rings. The highest BCUT2D eigenvalue weighted by Gasteiger charge is 2.20. The molecule has 8 nitrogen and oxygen atoms in total. The van der Waals surface area contributed by atoms with Crippen molar-refractivity contribution in [3.63, 3.8) is 0 Å². The summed E-state index contributed by atoms with van der Waals surface area (Å²) in [5.74, 6) is 0.156. The molecular weight excluding hydrogens is 370 g/mol. The molecule has 1 fully saturated rings. The smallest absolute Gasteiger partial charge is 0.270 e. The lowest BCUT2D eigenvalue weighted by atomic mass is 10.1. The molecule has 2 aromatic carbocycles. The Hall–Kier alpha value is -2.78. The van der Waals surface area contributed by atoms with E-state index >= 15 is 0 Å². The molecule has 1 saturated heterocycles. The Morgan fingerprint density at radius 3 is 2.44 bits per heavy atom. The molecule has 0 bridgehead atoms. The Balaban J connectivity index is 1.63. The van der Waals surface area contributed by atoms with E-state index in [1.54, 1.807) is 17.0 Å². The maximum atomic E-state index is 12.3. The van der Waals surface area contributed by atoms with Gasteiger partial charge in [-0.3, -0.25) is 14.9 Å². The molecule has 27 heavy (non-hydrogen) atoms. The van der Waals surface area contributed by atoms with Crippen molar-refractivity contribution < 1.29 is 18.1 Å². The highest BCUT2D eigenvalue weighted by atomic mass is 32.2. The number of nitro benzene ring substituents is 1. The predicted molar refractivity (Wildman–Crippen MR) is 98.2 cm³/mol. The number of non-ortho nitro benzene ring substituents is 1. The van der Waals surface area contributed by atoms with Gasteiger partial charge in [0.15, 0.2) is 0 Å². The molecule has 0 atom stereocenters. The van der Waals surface area contributed by atoms with Gasteiger partial charge in [-0.25, -0.2) is 13.1 Å². The van der Waals surface area contributed by atoms with Gasteiger partial charge >= 0.3 is 0 Å². The Bertz CT molecular complexity index is 957. The standard InChI is InChI=1S/C18H19N3O5S/c22-18-5-2-10-20(18)13-15-8-6-14(7-9-15)12-19-27(25,26)17-4-1-3-16(11-17)21(23)24/h1,3-4,6-9,11,19H,2,5,10,12-13H2. The molecule has 142 valence electrons. The molecular formula is C18H19N3O5S. The molecule has 0 aromatic heterocycles. The number of amides is 1. The number of nitrogens with zero attached hydrogens (tertiary/aromatic N) is 2. The van der Waals surface area contributed by atoms with Crippen molar-refractivity contribution in [1.29, 1.82) is 0 Å². The first-order valence-corrected chi connectivity index (χ1v) is 9.93. The highest BCUT2D eigenvalue weighted by molar-refractivity contribution is 7.89. The molecule has 9 heteroatoms. The lowest BCUT2D eigenvalue weighted by Crippen LogP contribution is -2.24. The van der Waals surface area contributed by atoms with Gasteiger partial charge in [-0.1, -0.05) is 30.3 Å². The molecule has 1 aliphatic rings. The number of hydrogen-bond acceptors (Lipinski definition) is 5. The van der Waals surface area contributed by atoms with Gasteiger partial charge in [0, 0.05) is 38.2 Å². The van der Waals surface area contributed by atoms with Gasteiger partial charge in [-0.15, -0.1) is 0 Å². The SMILES string of the molecule is O=C1CCCN1Cc1ccc(CNS(=O)(=O)c2cccc([N+](=O)[O-])c2)cc1. The average Bonchev–Trinajstić information content (AvgIpc) is 3.06. The van der Waals surface area contributed by atoms with Crippen LogP contribution in [0.3, 0.4) is 0 Å². The minimum atomic E-state index is -3.86. The van der Waals surface area contributed by atoms with Crippen LogP contribution in [0.1, 0.15) is 24.0 Å². The third-order valence-electron chi connectivity index (χ3n) is 4.37. The quantitative estimate of drug-likeness (QED) is 0.577. The third-order valence-corrected chi connectivity index (χ3v) is 5.77. The first-order chi connectivity index (χ1) is 12.8. The van der Waals surface area contributed by atoms with Crippen molar-refractivity contribution in [3.05, 3.63) is 69.8 Å². The number of nitro groups is 1. The van der Waals surface area contributed by atoms with E-state index < -0.39 is 14.9 Å². The summed E-state index contributed by atoms with van der Waals surface area (Å²) in [4.78, 5) is 23.5. The number of carbonyl (C=O) groups is 1. The molecule has 1 N–H and O–H groups in total. The van der Waals surface area contributed by atoms with Crippen LogP contribution in [0.4, 0.5) is 5.69 Å². The molecule has 1 amide bonds. The van der Waals surface area contributed by atoms with Gasteiger partial charge in [-0.05, 0) is 23.6 Å². The van der Waals surface area contributed by atoms with Crippen LogP contribution >= 0.6 is 0 Å². The molecule has 0 saturated carbocycles. The van der Waals surface area contributed by atoms with E-state index in [2.05, 4.69) is 4.72 Å². The fourth-order valence-electron chi connectivity index (χ4n) is 2.88. The summed E-state index contributed by atoms with van der Waals surface area (Å²) in [6, 6.07) is 12.2. The zero-order valence-electron chi connectivity index (χ0n) is 14.5. The summed E-state index contributed by atoms with van der Waals surface area (Å²) in [5.41, 5.74) is 1.45. The van der Waals surface area contributed by atoms with E-state index in [-0.39, 0.29) is 23.0 Å². The molecule has 0 spiro atoms. The van der Waals surface area contributed by atoms with Crippen LogP contribution in [0.5, 0.6) is 0 Å². The van der Waals surface area contributed by atoms with Gasteiger partial charge in [0.25, 0.3) is 5.69 Å². The lowest BCUT2D eigenvalue weighted by Gasteiger charge is -2.15. The second kappa shape index (κ2) is 7.85. The number of sulfonamides is 1. The summed E-state index contributed by atoms with van der Waals surface area (Å²) >= 11 is 0. The minimum Gasteiger partial charge on any atom is -0.338 e. The molecule has 0 unspecified atom stereocenters. The van der Waals surface area contributed by atoms with Crippen molar-refractivity contribution in [1.82, 2.24) is 9.62 Å². The van der Waals surface area contributed by atoms with Crippen LogP contribution in [0.25, 0.3) is 0 Å². The summed E-state index contributed by atoms with van der Waals surface area (Å²) in [5, 5.41) is 10.8. The maximum absolute atomic E-state index is 12.3. The van der Waals surface area contributed by atoms with E-state index in [1.807, 2.05) is 12.1 Å². The van der Waals surface area contributed by atoms with Crippen molar-refractivity contribution in [2.24, 2.45) is 0 Å². The van der Waals surface area contributed by atoms with E-state index in [9.17, 15) is 23.3 Å². The Morgan fingerprint density at radius 1 is 1.11 bits per heavy atom. The summed E-state index contributed by atoms with van der Waals surface area (Å²) in [6.45, 7) is 1.38. The fraction of sp³-hybridized carbons (Fsp3) is 0.278. The van der Waals surface area contributed by atoms with Gasteiger partial charge in [0.2, 0.25) is 15.9 Å². The minimum absolute atomic E-state index is 0.0634. The zero-order chi connectivity index (χ0) is 19.4. The highest BCUT2D eigenvalue weighted by Crippen LogP contribution is 2.18. The largest absolute Gasteiger partial charge is 0.338 e. The van der Waals surface area contributed by atoms with Crippen LogP contribution in [0.15, 0.2) is 53.4 Å². The predicted octanol–water partition coefficient (Wildman–Crippen LogP) is 2.20. The van der Waals surface area contributed by atoms with Gasteiger partial charge in [-0.2, -0.15) is 0 Å². The monoisotopic (exact) mass is 389 g/mol. The van der Waals surface area contributed by atoms with Crippen molar-refractivity contribution in [2.45, 2.75) is 30.8 Å². The third kappa shape index (κ3) is 4.69. The van der Waals surface area contributed by atoms with Gasteiger partial charge in [0.1, 0.15) is 0 Å². The maximum Gasteiger partial charge on any atom is 0.270 e. The van der Waals surface area contributed by atoms with Crippen LogP contribution in [-0.4, -0.2) is 30.7 Å². The van der Waals surface area contributed by atoms with Gasteiger partial charge in [0.05, 0.1) is 9.82 Å². The Morgan fingerprint density at radius 2 is 1.81 bits per heavy atom. The number of rotatable bonds is 7. The number of likely N-dealkylation sites (tertiary alicyclic amines) is 1. The van der Waals surface area contributed by atoms with E-state index in [4.69, 9.17) is 0 Å². The van der Waals surface area contributed by atoms with Crippen molar-refractivity contribution >= 4 is 21.6 Å². The number of carbonyl (C=O) groups excluding carboxylic acids is 1. The van der Waals surface area contributed by atoms with E-state index in [0.29, 0.717) is 13.0 Å². The zero-order valence-corrected chi connectivity index (χ0v) is 15.3. The van der Waals surface area contributed by atoms with Crippen molar-refractivity contribution in [3.8, 4) is 0 Å². The van der Waals surface area contributed by atoms with Crippen molar-refractivity contribution in [2.75, 3.05) is 6.54 Å². The van der Waals surface area contributed by atoms with E-state index in [0.717, 1.165) is 30.2 Å². The Labute approximate surface area is 157 Å². The summed E-state index contributed by atoms with van der Waals surface area (Å²) < 4.78 is 27.1. The van der Waals surface area contributed by atoms with Crippen LogP contribution in [-0.2, 0) is 27.9 Å². The number of benzene rings is 2. The normalized spacial score (nSPS) is 14.5. The van der Waals surface area contributed by atoms with Gasteiger partial charge < -0.3 is 4.90 Å². The summed E-state index contributed by atoms with van der Waals surface area (Å²) in [7, 11) is -3.86. The Kier molecular flexibility index (Phi) is 5.52. The lowest BCUT2D eigenvalue weighted by molar-refractivity contribution is -0.385. The molecule has 0 radical (unpaired) electrons. The molecule has 3 rings (SSSR count). The number of nitrogens with one attached hydrogen (secondary N) is 1. The van der Waals surface area contributed by atoms with E-state index in [1.165, 1.54) is 18.2 Å². The van der Waals surface area contributed by atoms with Crippen LogP contribution in [0, 0.1) is 10.1 Å². The molecule has 1 heterocycles. The molecule has 1 aliphatic heterocycles. The first-order valence-electron chi connectivity index (χ1n) is 8.45. The molecule has 0 aliphatic carbocycles. The topological polar surface area (TPSA) is 110 Å². The summed E-state index contributed by atoms with van der Waals surface area (Å²) in [6.07, 6.45) is 1.48.